The second-order valence-electron chi connectivity index (χ2n) is 6.46. The van der Waals surface area contributed by atoms with E-state index in [0.717, 1.165) is 0 Å². The summed E-state index contributed by atoms with van der Waals surface area (Å²) in [5.74, 6) is 1.47. The molecule has 0 aliphatic rings. The molecule has 0 saturated heterocycles. The number of hydrogen-bond acceptors (Lipinski definition) is 8. The van der Waals surface area contributed by atoms with Crippen molar-refractivity contribution in [2.24, 2.45) is 0 Å². The van der Waals surface area contributed by atoms with E-state index in [1.54, 1.807) is 48.9 Å². The molecule has 32 heavy (non-hydrogen) atoms. The molecular formula is C22H23N3O6S. The van der Waals surface area contributed by atoms with Gasteiger partial charge < -0.3 is 24.3 Å². The SMILES string of the molecule is COc1ccc(NC(=O)Cc2csc(NC(=O)c3ccc(OC)c(OC)c3)n2)c(OC)c1. The summed E-state index contributed by atoms with van der Waals surface area (Å²) in [5.41, 5.74) is 1.45. The van der Waals surface area contributed by atoms with Crippen molar-refractivity contribution in [3.05, 3.63) is 53.0 Å². The van der Waals surface area contributed by atoms with Crippen molar-refractivity contribution >= 4 is 34.0 Å². The number of nitrogens with zero attached hydrogens (tertiary/aromatic N) is 1. The minimum atomic E-state index is -0.348. The predicted molar refractivity (Wildman–Crippen MR) is 121 cm³/mol. The van der Waals surface area contributed by atoms with E-state index in [1.807, 2.05) is 0 Å². The third-order valence-electron chi connectivity index (χ3n) is 4.44. The lowest BCUT2D eigenvalue weighted by molar-refractivity contribution is -0.115. The Morgan fingerprint density at radius 3 is 2.31 bits per heavy atom. The molecule has 10 heteroatoms. The lowest BCUT2D eigenvalue weighted by atomic mass is 10.2. The summed E-state index contributed by atoms with van der Waals surface area (Å²) < 4.78 is 20.8. The van der Waals surface area contributed by atoms with Crippen molar-refractivity contribution in [3.8, 4) is 23.0 Å². The van der Waals surface area contributed by atoms with Crippen LogP contribution >= 0.6 is 11.3 Å². The van der Waals surface area contributed by atoms with Gasteiger partial charge in [-0.2, -0.15) is 0 Å². The quantitative estimate of drug-likeness (QED) is 0.505. The maximum absolute atomic E-state index is 12.5. The van der Waals surface area contributed by atoms with Crippen molar-refractivity contribution in [3.63, 3.8) is 0 Å². The Morgan fingerprint density at radius 2 is 1.62 bits per heavy atom. The average molecular weight is 458 g/mol. The third-order valence-corrected chi connectivity index (χ3v) is 5.25. The number of carbonyl (C=O) groups excluding carboxylic acids is 2. The van der Waals surface area contributed by atoms with Gasteiger partial charge in [-0.15, -0.1) is 11.3 Å². The number of ether oxygens (including phenoxy) is 4. The molecule has 0 bridgehead atoms. The number of nitrogens with one attached hydrogen (secondary N) is 2. The van der Waals surface area contributed by atoms with Gasteiger partial charge in [0.25, 0.3) is 5.91 Å². The normalized spacial score (nSPS) is 10.2. The highest BCUT2D eigenvalue weighted by molar-refractivity contribution is 7.14. The number of benzene rings is 2. The number of anilines is 2. The lowest BCUT2D eigenvalue weighted by Gasteiger charge is -2.11. The van der Waals surface area contributed by atoms with Crippen LogP contribution in [0.15, 0.2) is 41.8 Å². The molecule has 2 N–H and O–H groups in total. The van der Waals surface area contributed by atoms with Gasteiger partial charge >= 0.3 is 0 Å². The molecule has 2 amide bonds. The molecule has 2 aromatic carbocycles. The summed E-state index contributed by atoms with van der Waals surface area (Å²) in [6, 6.07) is 9.96. The van der Waals surface area contributed by atoms with E-state index in [2.05, 4.69) is 15.6 Å². The minimum Gasteiger partial charge on any atom is -0.497 e. The molecule has 0 atom stereocenters. The first-order valence-electron chi connectivity index (χ1n) is 9.47. The Bertz CT molecular complexity index is 1110. The molecule has 0 saturated carbocycles. The van der Waals surface area contributed by atoms with Gasteiger partial charge in [0.1, 0.15) is 11.5 Å². The highest BCUT2D eigenvalue weighted by Crippen LogP contribution is 2.30. The van der Waals surface area contributed by atoms with Crippen molar-refractivity contribution in [2.45, 2.75) is 6.42 Å². The topological polar surface area (TPSA) is 108 Å². The monoisotopic (exact) mass is 457 g/mol. The Labute approximate surface area is 189 Å². The number of aromatic nitrogens is 1. The van der Waals surface area contributed by atoms with Gasteiger partial charge in [0, 0.05) is 17.0 Å². The first kappa shape index (κ1) is 22.9. The van der Waals surface area contributed by atoms with Gasteiger partial charge in [0.05, 0.1) is 46.2 Å². The summed E-state index contributed by atoms with van der Waals surface area (Å²) >= 11 is 1.23. The molecule has 0 aliphatic heterocycles. The molecule has 168 valence electrons. The van der Waals surface area contributed by atoms with Gasteiger partial charge in [0.2, 0.25) is 5.91 Å². The highest BCUT2D eigenvalue weighted by Gasteiger charge is 2.15. The molecule has 3 aromatic rings. The van der Waals surface area contributed by atoms with E-state index >= 15 is 0 Å². The molecule has 1 aromatic heterocycles. The zero-order chi connectivity index (χ0) is 23.1. The lowest BCUT2D eigenvalue weighted by Crippen LogP contribution is -2.15. The molecule has 9 nitrogen and oxygen atoms in total. The average Bonchev–Trinajstić information content (AvgIpc) is 3.24. The number of methoxy groups -OCH3 is 4. The second-order valence-corrected chi connectivity index (χ2v) is 7.32. The van der Waals surface area contributed by atoms with Gasteiger partial charge in [-0.25, -0.2) is 4.98 Å². The number of thiazole rings is 1. The summed E-state index contributed by atoms with van der Waals surface area (Å²) in [5, 5.41) is 7.62. The predicted octanol–water partition coefficient (Wildman–Crippen LogP) is 3.61. The smallest absolute Gasteiger partial charge is 0.257 e. The number of amides is 2. The van der Waals surface area contributed by atoms with E-state index in [-0.39, 0.29) is 18.2 Å². The van der Waals surface area contributed by atoms with Crippen molar-refractivity contribution in [1.82, 2.24) is 4.98 Å². The zero-order valence-corrected chi connectivity index (χ0v) is 18.9. The van der Waals surface area contributed by atoms with Crippen molar-refractivity contribution in [2.75, 3.05) is 39.1 Å². The van der Waals surface area contributed by atoms with E-state index in [1.165, 1.54) is 32.7 Å². The Kier molecular flexibility index (Phi) is 7.50. The van der Waals surface area contributed by atoms with Crippen molar-refractivity contribution in [1.29, 1.82) is 0 Å². The molecule has 0 aliphatic carbocycles. The molecule has 0 radical (unpaired) electrons. The highest BCUT2D eigenvalue weighted by atomic mass is 32.1. The van der Waals surface area contributed by atoms with Gasteiger partial charge in [-0.05, 0) is 30.3 Å². The van der Waals surface area contributed by atoms with Crippen LogP contribution in [0.4, 0.5) is 10.8 Å². The minimum absolute atomic E-state index is 0.0396. The van der Waals surface area contributed by atoms with Crippen LogP contribution in [0.25, 0.3) is 0 Å². The van der Waals surface area contributed by atoms with E-state index in [9.17, 15) is 9.59 Å². The van der Waals surface area contributed by atoms with Crippen LogP contribution in [0.3, 0.4) is 0 Å². The summed E-state index contributed by atoms with van der Waals surface area (Å²) in [7, 11) is 6.09. The second kappa shape index (κ2) is 10.5. The molecule has 0 fully saturated rings. The number of carbonyl (C=O) groups is 2. The van der Waals surface area contributed by atoms with Crippen LogP contribution in [-0.4, -0.2) is 45.2 Å². The summed E-state index contributed by atoms with van der Waals surface area (Å²) in [4.78, 5) is 29.3. The molecule has 0 unspecified atom stereocenters. The number of rotatable bonds is 9. The standard InChI is InChI=1S/C22H23N3O6S/c1-28-15-6-7-16(18(11-15)30-3)24-20(26)10-14-12-32-22(23-14)25-21(27)13-5-8-17(29-2)19(9-13)31-4/h5-9,11-12H,10H2,1-4H3,(H,24,26)(H,23,25,27). The molecular weight excluding hydrogens is 434 g/mol. The molecule has 0 spiro atoms. The largest absolute Gasteiger partial charge is 0.497 e. The van der Waals surface area contributed by atoms with Gasteiger partial charge in [-0.1, -0.05) is 0 Å². The van der Waals surface area contributed by atoms with E-state index in [0.29, 0.717) is 45.1 Å². The van der Waals surface area contributed by atoms with Gasteiger partial charge in [-0.3, -0.25) is 14.9 Å². The summed E-state index contributed by atoms with van der Waals surface area (Å²) in [6.45, 7) is 0. The fourth-order valence-electron chi connectivity index (χ4n) is 2.85. The van der Waals surface area contributed by atoms with E-state index < -0.39 is 0 Å². The van der Waals surface area contributed by atoms with Crippen LogP contribution < -0.4 is 29.6 Å². The van der Waals surface area contributed by atoms with Gasteiger partial charge in [0.15, 0.2) is 16.6 Å². The first-order chi connectivity index (χ1) is 15.5. The Balaban J connectivity index is 1.62. The Hall–Kier alpha value is -3.79. The van der Waals surface area contributed by atoms with Crippen LogP contribution in [0.1, 0.15) is 16.1 Å². The maximum Gasteiger partial charge on any atom is 0.257 e. The maximum atomic E-state index is 12.5. The summed E-state index contributed by atoms with van der Waals surface area (Å²) in [6.07, 6.45) is 0.0396. The van der Waals surface area contributed by atoms with Crippen LogP contribution in [-0.2, 0) is 11.2 Å². The van der Waals surface area contributed by atoms with Crippen LogP contribution in [0.5, 0.6) is 23.0 Å². The first-order valence-corrected chi connectivity index (χ1v) is 10.3. The molecule has 3 rings (SSSR count). The molecule has 1 heterocycles. The Morgan fingerprint density at radius 1 is 0.875 bits per heavy atom. The number of hydrogen-bond donors (Lipinski definition) is 2. The van der Waals surface area contributed by atoms with Crippen LogP contribution in [0.2, 0.25) is 0 Å². The fraction of sp³-hybridized carbons (Fsp3) is 0.227. The third kappa shape index (κ3) is 5.46. The van der Waals surface area contributed by atoms with Crippen molar-refractivity contribution < 1.29 is 28.5 Å². The zero-order valence-electron chi connectivity index (χ0n) is 18.1. The van der Waals surface area contributed by atoms with E-state index in [4.69, 9.17) is 18.9 Å². The van der Waals surface area contributed by atoms with Crippen LogP contribution in [0, 0.1) is 0 Å². The fourth-order valence-corrected chi connectivity index (χ4v) is 3.56.